The fourth-order valence-corrected chi connectivity index (χ4v) is 9.00. The molecule has 0 aromatic heterocycles. The molecule has 0 bridgehead atoms. The Morgan fingerprint density at radius 3 is 1.25 bits per heavy atom. The van der Waals surface area contributed by atoms with Crippen LogP contribution in [0.2, 0.25) is 0 Å². The van der Waals surface area contributed by atoms with Crippen molar-refractivity contribution in [2.45, 2.75) is 276 Å². The molecule has 3 unspecified atom stereocenters. The topological polar surface area (TPSA) is 108 Å². The third-order valence-corrected chi connectivity index (χ3v) is 13.7. The van der Waals surface area contributed by atoms with Gasteiger partial charge in [0.05, 0.1) is 39.9 Å². The number of nitrogens with zero attached hydrogens (tertiary/aromatic N) is 1. The van der Waals surface area contributed by atoms with Crippen molar-refractivity contribution in [3.05, 3.63) is 48.6 Å². The maximum atomic E-state index is 13.0. The summed E-state index contributed by atoms with van der Waals surface area (Å²) in [4.78, 5) is 25.5. The van der Waals surface area contributed by atoms with Crippen LogP contribution in [0.4, 0.5) is 0 Å². The van der Waals surface area contributed by atoms with Crippen LogP contribution in [0.25, 0.3) is 0 Å². The molecule has 8 nitrogen and oxygen atoms in total. The predicted molar refractivity (Wildman–Crippen MR) is 288 cm³/mol. The minimum atomic E-state index is -4.60. The number of allylic oxidation sites excluding steroid dienone is 7. The lowest BCUT2D eigenvalue weighted by Gasteiger charge is -2.29. The summed E-state index contributed by atoms with van der Waals surface area (Å²) in [5, 5.41) is 13.9. The van der Waals surface area contributed by atoms with Crippen LogP contribution < -0.4 is 10.2 Å². The average Bonchev–Trinajstić information content (AvgIpc) is 3.29. The van der Waals surface area contributed by atoms with E-state index in [1.54, 1.807) is 6.08 Å². The molecule has 0 saturated carbocycles. The summed E-state index contributed by atoms with van der Waals surface area (Å²) in [5.41, 5.74) is 0. The van der Waals surface area contributed by atoms with Crippen LogP contribution in [0.5, 0.6) is 0 Å². The molecule has 0 aliphatic carbocycles. The summed E-state index contributed by atoms with van der Waals surface area (Å²) < 4.78 is 23.3. The number of hydrogen-bond donors (Lipinski definition) is 2. The number of amides is 1. The molecule has 0 rings (SSSR count). The van der Waals surface area contributed by atoms with Gasteiger partial charge in [0.2, 0.25) is 5.91 Å². The number of phosphoric acid groups is 1. The third-order valence-electron chi connectivity index (χ3n) is 12.8. The number of carbonyl (C=O) groups is 1. The lowest BCUT2D eigenvalue weighted by atomic mass is 10.0. The van der Waals surface area contributed by atoms with Gasteiger partial charge in [-0.1, -0.05) is 249 Å². The summed E-state index contributed by atoms with van der Waals surface area (Å²) in [7, 11) is 1.26. The molecule has 394 valence electrons. The highest BCUT2D eigenvalue weighted by atomic mass is 31.2. The maximum Gasteiger partial charge on any atom is 0.268 e. The second-order valence-corrected chi connectivity index (χ2v) is 22.1. The van der Waals surface area contributed by atoms with Crippen LogP contribution in [0, 0.1) is 0 Å². The highest BCUT2D eigenvalue weighted by Crippen LogP contribution is 2.38. The van der Waals surface area contributed by atoms with E-state index in [4.69, 9.17) is 9.05 Å². The molecule has 0 aliphatic rings. The van der Waals surface area contributed by atoms with Crippen molar-refractivity contribution in [3.63, 3.8) is 0 Å². The molecule has 9 heteroatoms. The van der Waals surface area contributed by atoms with Crippen LogP contribution in [0.1, 0.15) is 264 Å². The Kier molecular flexibility index (Phi) is 48.3. The minimum Gasteiger partial charge on any atom is -0.756 e. The first-order chi connectivity index (χ1) is 32.5. The zero-order valence-electron chi connectivity index (χ0n) is 44.9. The van der Waals surface area contributed by atoms with Crippen LogP contribution in [-0.4, -0.2) is 68.5 Å². The second-order valence-electron chi connectivity index (χ2n) is 20.6. The molecule has 67 heavy (non-hydrogen) atoms. The molecular formula is C58H111N2O6P. The number of aliphatic hydroxyl groups excluding tert-OH is 1. The lowest BCUT2D eigenvalue weighted by Crippen LogP contribution is -2.45. The molecule has 2 N–H and O–H groups in total. The number of aliphatic hydroxyl groups is 1. The molecule has 0 fully saturated rings. The van der Waals surface area contributed by atoms with Gasteiger partial charge in [-0.3, -0.25) is 9.36 Å². The van der Waals surface area contributed by atoms with Gasteiger partial charge < -0.3 is 28.8 Å². The smallest absolute Gasteiger partial charge is 0.268 e. The van der Waals surface area contributed by atoms with Gasteiger partial charge in [0, 0.05) is 6.42 Å². The van der Waals surface area contributed by atoms with Crippen molar-refractivity contribution in [3.8, 4) is 0 Å². The minimum absolute atomic E-state index is 0.00340. The van der Waals surface area contributed by atoms with E-state index in [1.807, 2.05) is 27.2 Å². The molecule has 3 atom stereocenters. The fraction of sp³-hybridized carbons (Fsp3) is 0.845. The normalized spacial score (nSPS) is 14.3. The molecule has 0 aromatic carbocycles. The number of likely N-dealkylation sites (N-methyl/N-ethyl adjacent to an activating group) is 1. The van der Waals surface area contributed by atoms with E-state index in [2.05, 4.69) is 55.6 Å². The second kappa shape index (κ2) is 49.4. The number of rotatable bonds is 52. The van der Waals surface area contributed by atoms with Crippen molar-refractivity contribution >= 4 is 13.7 Å². The zero-order chi connectivity index (χ0) is 49.2. The van der Waals surface area contributed by atoms with Gasteiger partial charge >= 0.3 is 0 Å². The number of carbonyl (C=O) groups excluding carboxylic acids is 1. The van der Waals surface area contributed by atoms with Gasteiger partial charge in [-0.2, -0.15) is 0 Å². The Bertz CT molecular complexity index is 1230. The molecule has 0 aliphatic heterocycles. The molecule has 1 amide bonds. The Hall–Kier alpha value is -1.54. The average molecular weight is 964 g/mol. The SMILES string of the molecule is CCCCCCC/C=C\C/C=C\C/C=C\CCCCCCCCCCC(=O)NC(COP(=O)([O-])OCC[N+](C)(C)C)C(O)/C=C/CCCCCCCCCCCCCCCCCCCCCC. The lowest BCUT2D eigenvalue weighted by molar-refractivity contribution is -0.870. The van der Waals surface area contributed by atoms with Crippen LogP contribution in [0.15, 0.2) is 48.6 Å². The standard InChI is InChI=1S/C58H111N2O6P/c1-6-8-10-12-14-16-18-20-22-24-26-28-30-32-34-36-38-40-42-44-46-48-50-52-58(62)59-56(55-66-67(63,64)65-54-53-60(3,4)5)57(61)51-49-47-45-43-41-39-37-35-33-31-29-27-25-23-21-19-17-15-13-11-9-7-2/h18,20,24,26,30,32,49,51,56-57,61H,6-17,19,21-23,25,27-29,31,33-48,50,52-55H2,1-5H3,(H-,59,62,63,64)/b20-18-,26-24-,32-30-,51-49+. The van der Waals surface area contributed by atoms with Gasteiger partial charge in [-0.15, -0.1) is 0 Å². The molecule has 0 saturated heterocycles. The van der Waals surface area contributed by atoms with E-state index in [9.17, 15) is 19.4 Å². The number of hydrogen-bond acceptors (Lipinski definition) is 6. The van der Waals surface area contributed by atoms with Crippen molar-refractivity contribution in [1.82, 2.24) is 5.32 Å². The van der Waals surface area contributed by atoms with Crippen LogP contribution in [-0.2, 0) is 18.4 Å². The highest BCUT2D eigenvalue weighted by Gasteiger charge is 2.23. The number of phosphoric ester groups is 1. The van der Waals surface area contributed by atoms with Gasteiger partial charge in [0.15, 0.2) is 0 Å². The van der Waals surface area contributed by atoms with Gasteiger partial charge in [-0.25, -0.2) is 0 Å². The number of nitrogens with one attached hydrogen (secondary N) is 1. The van der Waals surface area contributed by atoms with Crippen LogP contribution >= 0.6 is 7.82 Å². The highest BCUT2D eigenvalue weighted by molar-refractivity contribution is 7.45. The predicted octanol–water partition coefficient (Wildman–Crippen LogP) is 16.5. The van der Waals surface area contributed by atoms with E-state index in [0.717, 1.165) is 57.8 Å². The first-order valence-corrected chi connectivity index (χ1v) is 30.0. The molecular weight excluding hydrogens is 852 g/mol. The van der Waals surface area contributed by atoms with E-state index in [0.29, 0.717) is 17.4 Å². The summed E-state index contributed by atoms with van der Waals surface area (Å²) in [5.74, 6) is -0.203. The molecule has 0 heterocycles. The first-order valence-electron chi connectivity index (χ1n) is 28.5. The Morgan fingerprint density at radius 1 is 0.522 bits per heavy atom. The third kappa shape index (κ3) is 52.1. The number of quaternary nitrogens is 1. The van der Waals surface area contributed by atoms with Crippen LogP contribution in [0.3, 0.4) is 0 Å². The fourth-order valence-electron chi connectivity index (χ4n) is 8.28. The number of unbranched alkanes of at least 4 members (excludes halogenated alkanes) is 33. The Labute approximate surface area is 416 Å². The molecule has 0 aromatic rings. The summed E-state index contributed by atoms with van der Waals surface area (Å²) in [6.45, 7) is 4.66. The summed E-state index contributed by atoms with van der Waals surface area (Å²) >= 11 is 0. The van der Waals surface area contributed by atoms with E-state index in [1.165, 1.54) is 186 Å². The largest absolute Gasteiger partial charge is 0.756 e. The maximum absolute atomic E-state index is 13.0. The van der Waals surface area contributed by atoms with Crippen molar-refractivity contribution < 1.29 is 32.9 Å². The van der Waals surface area contributed by atoms with Crippen molar-refractivity contribution in [1.29, 1.82) is 0 Å². The summed E-state index contributed by atoms with van der Waals surface area (Å²) in [6, 6.07) is -0.892. The Balaban J connectivity index is 4.26. The first kappa shape index (κ1) is 65.5. The molecule has 0 radical (unpaired) electrons. The van der Waals surface area contributed by atoms with E-state index < -0.39 is 20.0 Å². The quantitative estimate of drug-likeness (QED) is 0.0272. The van der Waals surface area contributed by atoms with E-state index >= 15 is 0 Å². The Morgan fingerprint density at radius 2 is 0.866 bits per heavy atom. The van der Waals surface area contributed by atoms with E-state index in [-0.39, 0.29) is 19.1 Å². The van der Waals surface area contributed by atoms with Gasteiger partial charge in [0.1, 0.15) is 13.2 Å². The molecule has 0 spiro atoms. The van der Waals surface area contributed by atoms with Crippen molar-refractivity contribution in [2.75, 3.05) is 40.9 Å². The van der Waals surface area contributed by atoms with Gasteiger partial charge in [0.25, 0.3) is 7.82 Å². The van der Waals surface area contributed by atoms with Gasteiger partial charge in [-0.05, 0) is 57.8 Å². The summed E-state index contributed by atoms with van der Waals surface area (Å²) in [6.07, 6.45) is 64.6. The van der Waals surface area contributed by atoms with Crippen molar-refractivity contribution in [2.24, 2.45) is 0 Å². The zero-order valence-corrected chi connectivity index (χ0v) is 45.7. The monoisotopic (exact) mass is 963 g/mol.